The Hall–Kier alpha value is -3.10. The van der Waals surface area contributed by atoms with E-state index in [1.165, 1.54) is 5.56 Å². The molecule has 2 aliphatic heterocycles. The summed E-state index contributed by atoms with van der Waals surface area (Å²) in [6.45, 7) is 4.95. The largest absolute Gasteiger partial charge is 0.392 e. The zero-order chi connectivity index (χ0) is 21.4. The van der Waals surface area contributed by atoms with E-state index < -0.39 is 0 Å². The van der Waals surface area contributed by atoms with Gasteiger partial charge in [-0.3, -0.25) is 14.7 Å². The number of aryl methyl sites for hydroxylation is 1. The molecule has 3 aromatic rings. The van der Waals surface area contributed by atoms with Crippen LogP contribution in [0.3, 0.4) is 0 Å². The summed E-state index contributed by atoms with van der Waals surface area (Å²) < 4.78 is 2.12. The fraction of sp³-hybridized carbons (Fsp3) is 0.391. The van der Waals surface area contributed by atoms with Crippen molar-refractivity contribution in [1.29, 1.82) is 0 Å². The van der Waals surface area contributed by atoms with E-state index in [1.54, 1.807) is 11.1 Å². The van der Waals surface area contributed by atoms with E-state index in [9.17, 15) is 9.90 Å². The molecule has 160 valence electrons. The van der Waals surface area contributed by atoms with Gasteiger partial charge in [0.1, 0.15) is 0 Å². The number of rotatable bonds is 4. The van der Waals surface area contributed by atoms with Crippen LogP contribution in [0.5, 0.6) is 0 Å². The van der Waals surface area contributed by atoms with Crippen molar-refractivity contribution in [2.24, 2.45) is 0 Å². The smallest absolute Gasteiger partial charge is 0.255 e. The molecule has 4 heterocycles. The van der Waals surface area contributed by atoms with E-state index in [0.717, 1.165) is 23.9 Å². The lowest BCUT2D eigenvalue weighted by molar-refractivity contribution is 0.0704. The van der Waals surface area contributed by atoms with Crippen molar-refractivity contribution < 1.29 is 9.90 Å². The molecule has 0 spiro atoms. The molecule has 1 saturated heterocycles. The molecule has 1 N–H and O–H groups in total. The molecule has 2 atom stereocenters. The summed E-state index contributed by atoms with van der Waals surface area (Å²) in [5.41, 5.74) is 2.69. The van der Waals surface area contributed by atoms with Crippen LogP contribution in [0, 0.1) is 6.92 Å². The van der Waals surface area contributed by atoms with Crippen molar-refractivity contribution in [3.05, 3.63) is 77.1 Å². The maximum atomic E-state index is 12.9. The first-order chi connectivity index (χ1) is 15.1. The van der Waals surface area contributed by atoms with Gasteiger partial charge >= 0.3 is 0 Å². The molecule has 2 aromatic heterocycles. The van der Waals surface area contributed by atoms with Gasteiger partial charge in [0.05, 0.1) is 24.3 Å². The Morgan fingerprint density at radius 2 is 1.97 bits per heavy atom. The van der Waals surface area contributed by atoms with Crippen LogP contribution in [0.2, 0.25) is 0 Å². The van der Waals surface area contributed by atoms with E-state index in [4.69, 9.17) is 0 Å². The van der Waals surface area contributed by atoms with Crippen LogP contribution in [0.4, 0.5) is 0 Å². The maximum Gasteiger partial charge on any atom is 0.255 e. The number of hydrogen-bond acceptors (Lipinski definition) is 6. The number of likely N-dealkylation sites (tertiary alicyclic amines) is 1. The number of β-amino-alcohol motifs (C(OH)–C–C–N with tert-alkyl or cyclic N) is 1. The number of aromatic nitrogens is 4. The Kier molecular flexibility index (Phi) is 5.25. The molecule has 1 fully saturated rings. The highest BCUT2D eigenvalue weighted by Crippen LogP contribution is 2.33. The molecular weight excluding hydrogens is 392 g/mol. The van der Waals surface area contributed by atoms with Gasteiger partial charge in [0.25, 0.3) is 5.91 Å². The van der Waals surface area contributed by atoms with E-state index in [1.807, 2.05) is 37.3 Å². The molecule has 0 radical (unpaired) electrons. The summed E-state index contributed by atoms with van der Waals surface area (Å²) in [6, 6.07) is 14.0. The summed E-state index contributed by atoms with van der Waals surface area (Å²) >= 11 is 0. The molecule has 1 amide bonds. The molecule has 0 aliphatic carbocycles. The summed E-state index contributed by atoms with van der Waals surface area (Å²) in [6.07, 6.45) is 1.89. The van der Waals surface area contributed by atoms with Crippen molar-refractivity contribution in [1.82, 2.24) is 29.5 Å². The third-order valence-corrected chi connectivity index (χ3v) is 6.14. The Balaban J connectivity index is 1.34. The Morgan fingerprint density at radius 3 is 2.74 bits per heavy atom. The molecule has 0 unspecified atom stereocenters. The summed E-state index contributed by atoms with van der Waals surface area (Å²) in [4.78, 5) is 21.2. The number of carbonyl (C=O) groups is 1. The highest BCUT2D eigenvalue weighted by atomic mass is 16.3. The predicted octanol–water partition coefficient (Wildman–Crippen LogP) is 1.95. The van der Waals surface area contributed by atoms with E-state index in [-0.39, 0.29) is 18.1 Å². The first kappa shape index (κ1) is 19.8. The van der Waals surface area contributed by atoms with Gasteiger partial charge in [0.2, 0.25) is 0 Å². The van der Waals surface area contributed by atoms with Crippen molar-refractivity contribution >= 4 is 5.91 Å². The topological polar surface area (TPSA) is 87.4 Å². The molecular formula is C23H26N6O2. The lowest BCUT2D eigenvalue weighted by atomic mass is 10.1. The van der Waals surface area contributed by atoms with Crippen LogP contribution >= 0.6 is 0 Å². The fourth-order valence-electron chi connectivity index (χ4n) is 4.52. The molecule has 5 rings (SSSR count). The highest BCUT2D eigenvalue weighted by Gasteiger charge is 2.37. The molecule has 1 aromatic carbocycles. The SMILES string of the molecule is Cc1ccc(C(=O)N2CCn3c(nnc3[C@@H]3C[C@@H](O)CN3Cc3ccccc3)C2)cn1. The monoisotopic (exact) mass is 418 g/mol. The van der Waals surface area contributed by atoms with Gasteiger partial charge in [-0.25, -0.2) is 0 Å². The number of hydrogen-bond donors (Lipinski definition) is 1. The quantitative estimate of drug-likeness (QED) is 0.697. The van der Waals surface area contributed by atoms with Crippen LogP contribution in [0.15, 0.2) is 48.7 Å². The first-order valence-electron chi connectivity index (χ1n) is 10.7. The molecule has 0 saturated carbocycles. The van der Waals surface area contributed by atoms with Crippen LogP contribution < -0.4 is 0 Å². The van der Waals surface area contributed by atoms with Crippen molar-refractivity contribution in [3.63, 3.8) is 0 Å². The highest BCUT2D eigenvalue weighted by molar-refractivity contribution is 5.93. The summed E-state index contributed by atoms with van der Waals surface area (Å²) in [5.74, 6) is 1.63. The van der Waals surface area contributed by atoms with Crippen molar-refractivity contribution in [2.75, 3.05) is 13.1 Å². The van der Waals surface area contributed by atoms with Crippen LogP contribution in [-0.4, -0.2) is 59.8 Å². The van der Waals surface area contributed by atoms with Gasteiger partial charge in [0, 0.05) is 38.1 Å². The van der Waals surface area contributed by atoms with Gasteiger partial charge < -0.3 is 14.6 Å². The van der Waals surface area contributed by atoms with Crippen LogP contribution in [0.25, 0.3) is 0 Å². The minimum absolute atomic E-state index is 0.0139. The van der Waals surface area contributed by atoms with E-state index in [0.29, 0.717) is 38.2 Å². The number of amides is 1. The molecule has 2 aliphatic rings. The van der Waals surface area contributed by atoms with Crippen LogP contribution in [-0.2, 0) is 19.6 Å². The lowest BCUT2D eigenvalue weighted by Crippen LogP contribution is -2.39. The van der Waals surface area contributed by atoms with Crippen molar-refractivity contribution in [3.8, 4) is 0 Å². The molecule has 8 nitrogen and oxygen atoms in total. The zero-order valence-electron chi connectivity index (χ0n) is 17.6. The van der Waals surface area contributed by atoms with Crippen LogP contribution in [0.1, 0.15) is 45.7 Å². The first-order valence-corrected chi connectivity index (χ1v) is 10.7. The average Bonchev–Trinajstić information content (AvgIpc) is 3.36. The number of aliphatic hydroxyl groups is 1. The number of carbonyl (C=O) groups excluding carboxylic acids is 1. The predicted molar refractivity (Wildman–Crippen MR) is 114 cm³/mol. The third kappa shape index (κ3) is 3.96. The Morgan fingerprint density at radius 1 is 1.13 bits per heavy atom. The lowest BCUT2D eigenvalue weighted by Gasteiger charge is -2.30. The van der Waals surface area contributed by atoms with Gasteiger partial charge in [0.15, 0.2) is 11.6 Å². The molecule has 31 heavy (non-hydrogen) atoms. The number of benzene rings is 1. The van der Waals surface area contributed by atoms with E-state index >= 15 is 0 Å². The Bertz CT molecular complexity index is 1070. The van der Waals surface area contributed by atoms with Gasteiger partial charge in [-0.2, -0.15) is 0 Å². The third-order valence-electron chi connectivity index (χ3n) is 6.14. The number of pyridine rings is 1. The van der Waals surface area contributed by atoms with Gasteiger partial charge in [-0.15, -0.1) is 10.2 Å². The summed E-state index contributed by atoms with van der Waals surface area (Å²) in [7, 11) is 0. The van der Waals surface area contributed by atoms with Crippen molar-refractivity contribution in [2.45, 2.75) is 45.1 Å². The normalized spacial score (nSPS) is 21.3. The second-order valence-corrected chi connectivity index (χ2v) is 8.36. The number of aliphatic hydroxyl groups excluding tert-OH is 1. The average molecular weight is 419 g/mol. The van der Waals surface area contributed by atoms with Gasteiger partial charge in [-0.05, 0) is 31.0 Å². The molecule has 8 heteroatoms. The Labute approximate surface area is 181 Å². The summed E-state index contributed by atoms with van der Waals surface area (Å²) in [5, 5.41) is 19.3. The standard InChI is InChI=1S/C23H26N6O2/c1-16-7-8-18(12-24-16)23(31)27-9-10-29-21(15-27)25-26-22(29)20-11-19(30)14-28(20)13-17-5-3-2-4-6-17/h2-8,12,19-20,30H,9-11,13-15H2,1H3/t19-,20+/m1/s1. The number of nitrogens with zero attached hydrogens (tertiary/aromatic N) is 6. The molecule has 0 bridgehead atoms. The van der Waals surface area contributed by atoms with E-state index in [2.05, 4.69) is 36.8 Å². The van der Waals surface area contributed by atoms with Gasteiger partial charge in [-0.1, -0.05) is 30.3 Å². The number of fused-ring (bicyclic) bond motifs is 1. The fourth-order valence-corrected chi connectivity index (χ4v) is 4.52. The second-order valence-electron chi connectivity index (χ2n) is 8.36. The second kappa shape index (κ2) is 8.20. The minimum atomic E-state index is -0.377. The zero-order valence-corrected chi connectivity index (χ0v) is 17.6. The maximum absolute atomic E-state index is 12.9. The minimum Gasteiger partial charge on any atom is -0.392 e.